The molecule has 1 amide bonds. The number of H-pyrrole nitrogens is 1. The average Bonchev–Trinajstić information content (AvgIpc) is 3.26. The maximum atomic E-state index is 13.0. The number of benzene rings is 3. The molecule has 4 rings (SSSR count). The summed E-state index contributed by atoms with van der Waals surface area (Å²) < 4.78 is 19.7. The summed E-state index contributed by atoms with van der Waals surface area (Å²) in [7, 11) is 0. The molecule has 0 aliphatic rings. The summed E-state index contributed by atoms with van der Waals surface area (Å²) in [5.41, 5.74) is 3.79. The summed E-state index contributed by atoms with van der Waals surface area (Å²) in [5, 5.41) is 13.5. The van der Waals surface area contributed by atoms with Gasteiger partial charge in [0.1, 0.15) is 29.8 Å². The van der Waals surface area contributed by atoms with E-state index in [1.165, 1.54) is 12.1 Å². The highest BCUT2D eigenvalue weighted by atomic mass is 127. The lowest BCUT2D eigenvalue weighted by Gasteiger charge is -2.09. The quantitative estimate of drug-likeness (QED) is 0.162. The Labute approximate surface area is 210 Å². The molecular weight excluding hydrogens is 544 g/mol. The van der Waals surface area contributed by atoms with Gasteiger partial charge in [-0.3, -0.25) is 4.79 Å². The summed E-state index contributed by atoms with van der Waals surface area (Å²) in [6.45, 7) is 0.737. The van der Waals surface area contributed by atoms with Crippen LogP contribution in [0.3, 0.4) is 0 Å². The Morgan fingerprint density at radius 3 is 2.71 bits per heavy atom. The van der Waals surface area contributed by atoms with E-state index in [9.17, 15) is 14.4 Å². The van der Waals surface area contributed by atoms with Gasteiger partial charge in [-0.1, -0.05) is 36.4 Å². The van der Waals surface area contributed by atoms with Crippen LogP contribution in [0.5, 0.6) is 5.75 Å². The molecule has 34 heavy (non-hydrogen) atoms. The molecule has 0 atom stereocenters. The van der Waals surface area contributed by atoms with E-state index in [4.69, 9.17) is 4.74 Å². The van der Waals surface area contributed by atoms with Crippen LogP contribution in [0.15, 0.2) is 78.5 Å². The van der Waals surface area contributed by atoms with Crippen molar-refractivity contribution in [3.63, 3.8) is 0 Å². The first-order chi connectivity index (χ1) is 16.5. The van der Waals surface area contributed by atoms with E-state index in [1.54, 1.807) is 30.3 Å². The van der Waals surface area contributed by atoms with Crippen LogP contribution in [0, 0.1) is 20.7 Å². The first-order valence-electron chi connectivity index (χ1n) is 10.7. The van der Waals surface area contributed by atoms with Crippen molar-refractivity contribution in [1.29, 1.82) is 5.26 Å². The van der Waals surface area contributed by atoms with E-state index in [0.717, 1.165) is 31.2 Å². The highest BCUT2D eigenvalue weighted by Gasteiger charge is 2.11. The molecule has 170 valence electrons. The van der Waals surface area contributed by atoms with Crippen LogP contribution in [-0.2, 0) is 17.8 Å². The topological polar surface area (TPSA) is 77.9 Å². The van der Waals surface area contributed by atoms with Crippen molar-refractivity contribution in [2.45, 2.75) is 13.0 Å². The fraction of sp³-hybridized carbons (Fsp3) is 0.111. The van der Waals surface area contributed by atoms with E-state index in [0.29, 0.717) is 25.3 Å². The lowest BCUT2D eigenvalue weighted by molar-refractivity contribution is -0.117. The molecule has 0 fully saturated rings. The van der Waals surface area contributed by atoms with Crippen LogP contribution in [0.25, 0.3) is 17.0 Å². The number of aromatic amines is 1. The molecule has 2 N–H and O–H groups in total. The number of nitrogens with one attached hydrogen (secondary N) is 2. The molecule has 1 aromatic heterocycles. The molecule has 3 aromatic carbocycles. The average molecular weight is 565 g/mol. The van der Waals surface area contributed by atoms with Gasteiger partial charge in [0.25, 0.3) is 5.91 Å². The number of nitriles is 1. The van der Waals surface area contributed by atoms with E-state index < -0.39 is 5.91 Å². The highest BCUT2D eigenvalue weighted by Crippen LogP contribution is 2.24. The van der Waals surface area contributed by atoms with Crippen LogP contribution >= 0.6 is 22.6 Å². The zero-order valence-electron chi connectivity index (χ0n) is 18.1. The Bertz CT molecular complexity index is 1390. The molecule has 1 heterocycles. The summed E-state index contributed by atoms with van der Waals surface area (Å²) in [4.78, 5) is 15.8. The van der Waals surface area contributed by atoms with Gasteiger partial charge in [0.2, 0.25) is 0 Å². The maximum Gasteiger partial charge on any atom is 0.261 e. The Morgan fingerprint density at radius 1 is 1.15 bits per heavy atom. The zero-order valence-corrected chi connectivity index (χ0v) is 20.3. The van der Waals surface area contributed by atoms with Crippen molar-refractivity contribution in [3.8, 4) is 11.8 Å². The highest BCUT2D eigenvalue weighted by molar-refractivity contribution is 14.1. The van der Waals surface area contributed by atoms with Crippen molar-refractivity contribution in [2.75, 3.05) is 6.54 Å². The number of hydrogen-bond donors (Lipinski definition) is 2. The number of fused-ring (bicyclic) bond motifs is 1. The number of carbonyl (C=O) groups excluding carboxylic acids is 1. The predicted octanol–water partition coefficient (Wildman–Crippen LogP) is 5.76. The van der Waals surface area contributed by atoms with Crippen molar-refractivity contribution < 1.29 is 13.9 Å². The Balaban J connectivity index is 1.36. The third-order valence-electron chi connectivity index (χ3n) is 5.29. The van der Waals surface area contributed by atoms with Crippen LogP contribution in [0.4, 0.5) is 4.39 Å². The van der Waals surface area contributed by atoms with Gasteiger partial charge in [0.15, 0.2) is 0 Å². The van der Waals surface area contributed by atoms with Gasteiger partial charge in [0.05, 0.1) is 3.57 Å². The molecule has 0 bridgehead atoms. The van der Waals surface area contributed by atoms with E-state index >= 15 is 0 Å². The minimum Gasteiger partial charge on any atom is -0.488 e. The normalized spacial score (nSPS) is 11.3. The second kappa shape index (κ2) is 11.0. The minimum atomic E-state index is -0.408. The summed E-state index contributed by atoms with van der Waals surface area (Å²) in [5.74, 6) is -0.0254. The number of nitrogens with zero attached hydrogens (tertiary/aromatic N) is 1. The lowest BCUT2D eigenvalue weighted by atomic mass is 10.1. The molecular formula is C27H21FIN3O2. The summed E-state index contributed by atoms with van der Waals surface area (Å²) in [6.07, 6.45) is 4.17. The van der Waals surface area contributed by atoms with Crippen LogP contribution in [0.1, 0.15) is 16.7 Å². The molecule has 0 saturated heterocycles. The van der Waals surface area contributed by atoms with Gasteiger partial charge in [-0.25, -0.2) is 4.39 Å². The Hall–Kier alpha value is -3.64. The Kier molecular flexibility index (Phi) is 7.60. The molecule has 4 aromatic rings. The largest absolute Gasteiger partial charge is 0.488 e. The maximum absolute atomic E-state index is 13.0. The molecule has 0 spiro atoms. The third kappa shape index (κ3) is 5.83. The SMILES string of the molecule is N#C/C(=C/c1ccc(OCc2ccc(F)cc2)c(I)c1)C(=O)NCCc1c[nH]c2ccccc12. The first kappa shape index (κ1) is 23.5. The standard InChI is InChI=1S/C27H21FIN3O2/c28-22-8-5-18(6-9-22)17-34-26-10-7-19(14-24(26)29)13-21(15-30)27(33)31-12-11-20-16-32-25-4-2-1-3-23(20)25/h1-10,13-14,16,32H,11-12,17H2,(H,31,33)/b21-13-. The monoisotopic (exact) mass is 565 g/mol. The molecule has 5 nitrogen and oxygen atoms in total. The minimum absolute atomic E-state index is 0.0368. The van der Waals surface area contributed by atoms with Gasteiger partial charge in [-0.2, -0.15) is 5.26 Å². The van der Waals surface area contributed by atoms with E-state index in [1.807, 2.05) is 42.6 Å². The van der Waals surface area contributed by atoms with Crippen molar-refractivity contribution >= 4 is 45.5 Å². The van der Waals surface area contributed by atoms with E-state index in [-0.39, 0.29) is 11.4 Å². The summed E-state index contributed by atoms with van der Waals surface area (Å²) >= 11 is 2.14. The van der Waals surface area contributed by atoms with E-state index in [2.05, 4.69) is 32.9 Å². The predicted molar refractivity (Wildman–Crippen MR) is 138 cm³/mol. The number of ether oxygens (including phenoxy) is 1. The van der Waals surface area contributed by atoms with Gasteiger partial charge in [-0.05, 0) is 82.1 Å². The van der Waals surface area contributed by atoms with Crippen LogP contribution in [-0.4, -0.2) is 17.4 Å². The fourth-order valence-electron chi connectivity index (χ4n) is 3.53. The smallest absolute Gasteiger partial charge is 0.261 e. The van der Waals surface area contributed by atoms with Gasteiger partial charge >= 0.3 is 0 Å². The molecule has 0 aliphatic heterocycles. The first-order valence-corrected chi connectivity index (χ1v) is 11.7. The molecule has 0 saturated carbocycles. The lowest BCUT2D eigenvalue weighted by Crippen LogP contribution is -2.26. The zero-order chi connectivity index (χ0) is 23.9. The van der Waals surface area contributed by atoms with Crippen LogP contribution < -0.4 is 10.1 Å². The summed E-state index contributed by atoms with van der Waals surface area (Å²) in [6, 6.07) is 21.6. The number of para-hydroxylation sites is 1. The second-order valence-electron chi connectivity index (χ2n) is 7.64. The fourth-order valence-corrected chi connectivity index (χ4v) is 4.22. The number of aromatic nitrogens is 1. The molecule has 0 unspecified atom stereocenters. The number of hydrogen-bond acceptors (Lipinski definition) is 3. The van der Waals surface area contributed by atoms with Crippen molar-refractivity contribution in [1.82, 2.24) is 10.3 Å². The van der Waals surface area contributed by atoms with Gasteiger partial charge in [0, 0.05) is 23.6 Å². The third-order valence-corrected chi connectivity index (χ3v) is 6.14. The number of carbonyl (C=O) groups is 1. The second-order valence-corrected chi connectivity index (χ2v) is 8.80. The van der Waals surface area contributed by atoms with Gasteiger partial charge < -0.3 is 15.0 Å². The van der Waals surface area contributed by atoms with Gasteiger partial charge in [-0.15, -0.1) is 0 Å². The molecule has 7 heteroatoms. The van der Waals surface area contributed by atoms with Crippen LogP contribution in [0.2, 0.25) is 0 Å². The van der Waals surface area contributed by atoms with Crippen molar-refractivity contribution in [3.05, 3.63) is 105 Å². The molecule has 0 radical (unpaired) electrons. The molecule has 0 aliphatic carbocycles. The number of rotatable bonds is 8. The number of halogens is 2. The Morgan fingerprint density at radius 2 is 1.94 bits per heavy atom. The number of amides is 1. The van der Waals surface area contributed by atoms with Crippen molar-refractivity contribution in [2.24, 2.45) is 0 Å².